The first-order chi connectivity index (χ1) is 13.4. The van der Waals surface area contributed by atoms with Gasteiger partial charge in [0.05, 0.1) is 5.69 Å². The summed E-state index contributed by atoms with van der Waals surface area (Å²) in [5.74, 6) is 0. The van der Waals surface area contributed by atoms with Crippen LogP contribution in [0.15, 0.2) is 48.7 Å². The van der Waals surface area contributed by atoms with Crippen molar-refractivity contribution in [1.82, 2.24) is 15.2 Å². The predicted molar refractivity (Wildman–Crippen MR) is 108 cm³/mol. The van der Waals surface area contributed by atoms with Gasteiger partial charge in [-0.1, -0.05) is 0 Å². The summed E-state index contributed by atoms with van der Waals surface area (Å²) < 4.78 is 40.9. The number of nitrogens with one attached hydrogen (secondary N) is 1. The number of nitrogens with zero attached hydrogens (tertiary/aromatic N) is 2. The van der Waals surface area contributed by atoms with Crippen molar-refractivity contribution in [2.75, 3.05) is 0 Å². The molecule has 0 aliphatic carbocycles. The van der Waals surface area contributed by atoms with Gasteiger partial charge in [0.2, 0.25) is 0 Å². The third-order valence-electron chi connectivity index (χ3n) is 4.47. The van der Waals surface area contributed by atoms with Crippen LogP contribution in [0.4, 0.5) is 13.2 Å². The molecule has 0 unspecified atom stereocenters. The lowest BCUT2D eigenvalue weighted by molar-refractivity contribution is -0.141. The number of alkyl halides is 3. The Bertz CT molecular complexity index is 1280. The summed E-state index contributed by atoms with van der Waals surface area (Å²) in [7, 11) is 0. The topological polar surface area (TPSA) is 41.6 Å². The van der Waals surface area contributed by atoms with E-state index in [1.807, 2.05) is 11.2 Å². The Balaban J connectivity index is 1.56. The van der Waals surface area contributed by atoms with Gasteiger partial charge in [-0.05, 0) is 65.7 Å². The maximum Gasteiger partial charge on any atom is 0.432 e. The van der Waals surface area contributed by atoms with Gasteiger partial charge in [-0.3, -0.25) is 10.1 Å². The summed E-state index contributed by atoms with van der Waals surface area (Å²) in [6, 6.07) is 13.3. The minimum atomic E-state index is -4.46. The van der Waals surface area contributed by atoms with Crippen molar-refractivity contribution in [3.8, 4) is 21.8 Å². The smallest absolute Gasteiger partial charge is 0.273 e. The van der Waals surface area contributed by atoms with Crippen LogP contribution >= 0.6 is 22.7 Å². The van der Waals surface area contributed by atoms with E-state index in [0.717, 1.165) is 21.9 Å². The fraction of sp³-hybridized carbons (Fsp3) is 0.100. The molecule has 4 aromatic heterocycles. The van der Waals surface area contributed by atoms with E-state index in [4.69, 9.17) is 0 Å². The van der Waals surface area contributed by atoms with Gasteiger partial charge in [0.15, 0.2) is 0 Å². The van der Waals surface area contributed by atoms with Crippen molar-refractivity contribution < 1.29 is 13.2 Å². The van der Waals surface area contributed by atoms with Crippen LogP contribution in [0.5, 0.6) is 0 Å². The molecule has 28 heavy (non-hydrogen) atoms. The first kappa shape index (κ1) is 17.4. The lowest BCUT2D eigenvalue weighted by Crippen LogP contribution is -2.04. The molecular weight excluding hydrogens is 403 g/mol. The number of H-pyrrole nitrogens is 1. The van der Waals surface area contributed by atoms with E-state index >= 15 is 0 Å². The molecule has 8 heteroatoms. The maximum absolute atomic E-state index is 12.8. The normalized spacial score (nSPS) is 12.3. The Hall–Kier alpha value is -2.71. The summed E-state index contributed by atoms with van der Waals surface area (Å²) in [6.07, 6.45) is -2.86. The number of halogens is 3. The van der Waals surface area contributed by atoms with E-state index < -0.39 is 11.9 Å². The average Bonchev–Trinajstić information content (AvgIpc) is 3.35. The molecule has 0 amide bonds. The highest BCUT2D eigenvalue weighted by Crippen LogP contribution is 2.38. The van der Waals surface area contributed by atoms with Crippen molar-refractivity contribution in [3.63, 3.8) is 0 Å². The lowest BCUT2D eigenvalue weighted by Gasteiger charge is -2.01. The van der Waals surface area contributed by atoms with Crippen molar-refractivity contribution in [2.45, 2.75) is 13.1 Å². The Labute approximate surface area is 165 Å². The first-order valence-electron chi connectivity index (χ1n) is 8.40. The zero-order valence-electron chi connectivity index (χ0n) is 14.5. The van der Waals surface area contributed by atoms with E-state index in [9.17, 15) is 13.2 Å². The van der Waals surface area contributed by atoms with Crippen LogP contribution in [0.3, 0.4) is 0 Å². The Kier molecular flexibility index (Phi) is 3.82. The van der Waals surface area contributed by atoms with Gasteiger partial charge in [-0.2, -0.15) is 18.3 Å². The van der Waals surface area contributed by atoms with Gasteiger partial charge in [0.25, 0.3) is 0 Å². The van der Waals surface area contributed by atoms with E-state index in [1.54, 1.807) is 34.9 Å². The highest BCUT2D eigenvalue weighted by atomic mass is 32.1. The lowest BCUT2D eigenvalue weighted by atomic mass is 10.1. The number of hydrogen-bond acceptors (Lipinski definition) is 4. The zero-order chi connectivity index (χ0) is 19.5. The number of pyridine rings is 1. The molecule has 0 atom stereocenters. The van der Waals surface area contributed by atoms with Crippen LogP contribution in [-0.2, 0) is 6.18 Å². The maximum atomic E-state index is 12.8. The monoisotopic (exact) mass is 415 g/mol. The molecule has 4 heterocycles. The van der Waals surface area contributed by atoms with E-state index in [-0.39, 0.29) is 5.69 Å². The number of aryl methyl sites for hydroxylation is 1. The molecule has 140 valence electrons. The molecule has 1 aromatic carbocycles. The van der Waals surface area contributed by atoms with Crippen LogP contribution in [0, 0.1) is 6.92 Å². The molecule has 0 fully saturated rings. The summed E-state index contributed by atoms with van der Waals surface area (Å²) in [6.45, 7) is 2.10. The molecule has 0 spiro atoms. The SMILES string of the molecule is Cc1cc2cc3sc(-c4ccnc(-c5cc(C(F)(F)F)[nH]n5)c4)cc3cc2s1. The molecule has 0 bridgehead atoms. The molecule has 0 aliphatic rings. The van der Waals surface area contributed by atoms with Gasteiger partial charge >= 0.3 is 6.18 Å². The highest BCUT2D eigenvalue weighted by molar-refractivity contribution is 7.23. The Morgan fingerprint density at radius 3 is 2.39 bits per heavy atom. The average molecular weight is 415 g/mol. The molecule has 0 radical (unpaired) electrons. The van der Waals surface area contributed by atoms with E-state index in [0.29, 0.717) is 5.69 Å². The number of rotatable bonds is 2. The molecule has 3 nitrogen and oxygen atoms in total. The predicted octanol–water partition coefficient (Wildman–Crippen LogP) is 6.90. The zero-order valence-corrected chi connectivity index (χ0v) is 16.1. The third-order valence-corrected chi connectivity index (χ3v) is 6.63. The Morgan fingerprint density at radius 1 is 0.893 bits per heavy atom. The minimum Gasteiger partial charge on any atom is -0.273 e. The number of fused-ring (bicyclic) bond motifs is 2. The van der Waals surface area contributed by atoms with E-state index in [1.165, 1.54) is 19.7 Å². The van der Waals surface area contributed by atoms with Crippen LogP contribution < -0.4 is 0 Å². The second-order valence-corrected chi connectivity index (χ2v) is 8.86. The summed E-state index contributed by atoms with van der Waals surface area (Å²) in [5, 5.41) is 8.19. The van der Waals surface area contributed by atoms with Crippen LogP contribution in [0.2, 0.25) is 0 Å². The molecule has 0 saturated carbocycles. The third kappa shape index (κ3) is 2.98. The molecule has 5 rings (SSSR count). The minimum absolute atomic E-state index is 0.172. The van der Waals surface area contributed by atoms with Crippen molar-refractivity contribution in [2.24, 2.45) is 0 Å². The van der Waals surface area contributed by atoms with Gasteiger partial charge in [0, 0.05) is 25.4 Å². The molecular formula is C20H12F3N3S2. The molecule has 5 aromatic rings. The van der Waals surface area contributed by atoms with Crippen LogP contribution in [0.25, 0.3) is 42.0 Å². The molecule has 0 saturated heterocycles. The first-order valence-corrected chi connectivity index (χ1v) is 10.0. The summed E-state index contributed by atoms with van der Waals surface area (Å²) >= 11 is 3.42. The van der Waals surface area contributed by atoms with Crippen molar-refractivity contribution in [3.05, 3.63) is 59.2 Å². The largest absolute Gasteiger partial charge is 0.432 e. The van der Waals surface area contributed by atoms with Crippen LogP contribution in [-0.4, -0.2) is 15.2 Å². The number of thiophene rings is 2. The second-order valence-electron chi connectivity index (χ2n) is 6.49. The quantitative estimate of drug-likeness (QED) is 0.341. The van der Waals surface area contributed by atoms with Crippen LogP contribution in [0.1, 0.15) is 10.6 Å². The van der Waals surface area contributed by atoms with E-state index in [2.05, 4.69) is 41.3 Å². The fourth-order valence-electron chi connectivity index (χ4n) is 3.17. The number of hydrogen-bond donors (Lipinski definition) is 1. The summed E-state index contributed by atoms with van der Waals surface area (Å²) in [4.78, 5) is 6.51. The standard InChI is InChI=1S/C20H12F3N3S2/c1-10-4-12-6-18-13(8-17(12)27-10)7-16(28-18)11-2-3-24-14(5-11)15-9-19(26-25-15)20(21,22)23/h2-9H,1H3,(H,25,26). The van der Waals surface area contributed by atoms with Gasteiger partial charge in [-0.15, -0.1) is 22.7 Å². The number of aromatic nitrogens is 3. The molecule has 1 N–H and O–H groups in total. The van der Waals surface area contributed by atoms with Crippen molar-refractivity contribution in [1.29, 1.82) is 0 Å². The van der Waals surface area contributed by atoms with Gasteiger partial charge in [-0.25, -0.2) is 0 Å². The Morgan fingerprint density at radius 2 is 1.64 bits per heavy atom. The van der Waals surface area contributed by atoms with Gasteiger partial charge < -0.3 is 0 Å². The number of benzene rings is 1. The second kappa shape index (κ2) is 6.15. The molecule has 0 aliphatic heterocycles. The fourth-order valence-corrected chi connectivity index (χ4v) is 5.21. The number of aromatic amines is 1. The highest BCUT2D eigenvalue weighted by Gasteiger charge is 2.33. The van der Waals surface area contributed by atoms with Gasteiger partial charge in [0.1, 0.15) is 11.4 Å². The van der Waals surface area contributed by atoms with Crippen molar-refractivity contribution >= 4 is 42.8 Å². The summed E-state index contributed by atoms with van der Waals surface area (Å²) in [5.41, 5.74) is 0.596.